The van der Waals surface area contributed by atoms with Gasteiger partial charge in [0.2, 0.25) is 0 Å². The van der Waals surface area contributed by atoms with Crippen molar-refractivity contribution in [3.8, 4) is 0 Å². The third kappa shape index (κ3) is 4.01. The first-order valence-electron chi connectivity index (χ1n) is 10.0. The number of hydrogen-bond acceptors (Lipinski definition) is 5. The first-order valence-corrected chi connectivity index (χ1v) is 10.4. The number of amides is 1. The Morgan fingerprint density at radius 1 is 1.33 bits per heavy atom. The lowest BCUT2D eigenvalue weighted by Gasteiger charge is -2.26. The molecule has 3 heterocycles. The van der Waals surface area contributed by atoms with E-state index in [-0.39, 0.29) is 17.5 Å². The molecule has 7 nitrogen and oxygen atoms in total. The van der Waals surface area contributed by atoms with E-state index in [1.807, 2.05) is 12.1 Å². The number of fused-ring (bicyclic) bond motifs is 1. The molecule has 3 aromatic rings. The van der Waals surface area contributed by atoms with Crippen LogP contribution < -0.4 is 10.9 Å². The standard InChI is InChI=1S/C22H24N4O3S/c1-2-9-26-21(28)16-8-7-15(13-17(16)24-22(26)30)20(27)23-14-18(19-6-5-12-29-19)25-10-3-4-11-25/h2,5-8,12-13,18H,1,3-4,9-11,14H2,(H,23,27)(H,24,30). The Labute approximate surface area is 179 Å². The highest BCUT2D eigenvalue weighted by atomic mass is 32.1. The fraction of sp³-hybridized carbons (Fsp3) is 0.318. The van der Waals surface area contributed by atoms with E-state index in [0.717, 1.165) is 31.7 Å². The minimum Gasteiger partial charge on any atom is -0.468 e. The fourth-order valence-electron chi connectivity index (χ4n) is 3.93. The van der Waals surface area contributed by atoms with Crippen molar-refractivity contribution in [2.24, 2.45) is 0 Å². The first kappa shape index (κ1) is 20.3. The van der Waals surface area contributed by atoms with Gasteiger partial charge in [-0.1, -0.05) is 6.08 Å². The van der Waals surface area contributed by atoms with E-state index in [1.165, 1.54) is 4.57 Å². The predicted molar refractivity (Wildman–Crippen MR) is 118 cm³/mol. The zero-order valence-electron chi connectivity index (χ0n) is 16.6. The molecular weight excluding hydrogens is 400 g/mol. The normalized spacial score (nSPS) is 15.3. The molecule has 1 aromatic carbocycles. The number of H-pyrrole nitrogens is 1. The van der Waals surface area contributed by atoms with E-state index >= 15 is 0 Å². The maximum Gasteiger partial charge on any atom is 0.262 e. The van der Waals surface area contributed by atoms with Crippen molar-refractivity contribution in [3.63, 3.8) is 0 Å². The van der Waals surface area contributed by atoms with Crippen LogP contribution >= 0.6 is 12.2 Å². The molecule has 156 valence electrons. The number of aromatic amines is 1. The molecule has 1 atom stereocenters. The van der Waals surface area contributed by atoms with Gasteiger partial charge in [0.05, 0.1) is 23.2 Å². The van der Waals surface area contributed by atoms with Gasteiger partial charge in [-0.25, -0.2) is 0 Å². The van der Waals surface area contributed by atoms with Crippen LogP contribution in [0.5, 0.6) is 0 Å². The van der Waals surface area contributed by atoms with Crippen LogP contribution in [0.4, 0.5) is 0 Å². The summed E-state index contributed by atoms with van der Waals surface area (Å²) in [6, 6.07) is 8.79. The van der Waals surface area contributed by atoms with Crippen molar-refractivity contribution in [3.05, 3.63) is 75.7 Å². The Morgan fingerprint density at radius 3 is 2.83 bits per heavy atom. The third-order valence-electron chi connectivity index (χ3n) is 5.46. The second-order valence-electron chi connectivity index (χ2n) is 7.38. The molecule has 2 N–H and O–H groups in total. The molecule has 4 rings (SSSR count). The second kappa shape index (κ2) is 8.81. The van der Waals surface area contributed by atoms with E-state index in [1.54, 1.807) is 30.5 Å². The number of nitrogens with zero attached hydrogens (tertiary/aromatic N) is 2. The van der Waals surface area contributed by atoms with Crippen molar-refractivity contribution >= 4 is 29.0 Å². The number of furan rings is 1. The van der Waals surface area contributed by atoms with Crippen molar-refractivity contribution in [2.75, 3.05) is 19.6 Å². The Bertz CT molecular complexity index is 1170. The van der Waals surface area contributed by atoms with Gasteiger partial charge in [0.1, 0.15) is 5.76 Å². The molecule has 0 saturated carbocycles. The average Bonchev–Trinajstić information content (AvgIpc) is 3.45. The molecule has 0 radical (unpaired) electrons. The number of likely N-dealkylation sites (tertiary alicyclic amines) is 1. The van der Waals surface area contributed by atoms with Gasteiger partial charge >= 0.3 is 0 Å². The van der Waals surface area contributed by atoms with E-state index in [0.29, 0.717) is 34.3 Å². The van der Waals surface area contributed by atoms with Crippen LogP contribution in [-0.4, -0.2) is 40.0 Å². The van der Waals surface area contributed by atoms with Crippen LogP contribution in [-0.2, 0) is 6.54 Å². The molecule has 1 aliphatic rings. The van der Waals surface area contributed by atoms with Gasteiger partial charge in [0.15, 0.2) is 4.77 Å². The monoisotopic (exact) mass is 424 g/mol. The van der Waals surface area contributed by atoms with Crippen molar-refractivity contribution in [2.45, 2.75) is 25.4 Å². The van der Waals surface area contributed by atoms with E-state index < -0.39 is 0 Å². The molecule has 0 spiro atoms. The van der Waals surface area contributed by atoms with Crippen LogP contribution in [0.2, 0.25) is 0 Å². The molecule has 1 amide bonds. The van der Waals surface area contributed by atoms with Crippen LogP contribution in [0.3, 0.4) is 0 Å². The minimum atomic E-state index is -0.206. The van der Waals surface area contributed by atoms with Crippen LogP contribution in [0.1, 0.15) is 35.0 Å². The fourth-order valence-corrected chi connectivity index (χ4v) is 4.19. The lowest BCUT2D eigenvalue weighted by Crippen LogP contribution is -2.36. The molecule has 1 fully saturated rings. The summed E-state index contributed by atoms with van der Waals surface area (Å²) < 4.78 is 7.35. The van der Waals surface area contributed by atoms with Gasteiger partial charge in [-0.2, -0.15) is 0 Å². The molecule has 0 aliphatic carbocycles. The van der Waals surface area contributed by atoms with Crippen LogP contribution in [0, 0.1) is 4.77 Å². The summed E-state index contributed by atoms with van der Waals surface area (Å²) in [5, 5.41) is 3.49. The van der Waals surface area contributed by atoms with Gasteiger partial charge in [-0.3, -0.25) is 19.1 Å². The number of hydrogen-bond donors (Lipinski definition) is 2. The summed E-state index contributed by atoms with van der Waals surface area (Å²) in [5.74, 6) is 0.643. The maximum atomic E-state index is 12.8. The molecule has 30 heavy (non-hydrogen) atoms. The predicted octanol–water partition coefficient (Wildman–Crippen LogP) is 3.40. The number of allylic oxidation sites excluding steroid dienone is 1. The highest BCUT2D eigenvalue weighted by molar-refractivity contribution is 7.71. The summed E-state index contributed by atoms with van der Waals surface area (Å²) in [6.45, 7) is 6.41. The maximum absolute atomic E-state index is 12.8. The van der Waals surface area contributed by atoms with Crippen molar-refractivity contribution in [1.29, 1.82) is 0 Å². The molecular formula is C22H24N4O3S. The van der Waals surface area contributed by atoms with E-state index in [2.05, 4.69) is 21.8 Å². The molecule has 2 aromatic heterocycles. The van der Waals surface area contributed by atoms with Gasteiger partial charge in [-0.05, 0) is 68.5 Å². The molecule has 0 bridgehead atoms. The zero-order chi connectivity index (χ0) is 21.1. The Balaban J connectivity index is 1.55. The average molecular weight is 425 g/mol. The largest absolute Gasteiger partial charge is 0.468 e. The van der Waals surface area contributed by atoms with E-state index in [4.69, 9.17) is 16.6 Å². The number of benzene rings is 1. The topological polar surface area (TPSA) is 83.3 Å². The van der Waals surface area contributed by atoms with Crippen molar-refractivity contribution < 1.29 is 9.21 Å². The van der Waals surface area contributed by atoms with E-state index in [9.17, 15) is 9.59 Å². The summed E-state index contributed by atoms with van der Waals surface area (Å²) in [6.07, 6.45) is 5.58. The third-order valence-corrected chi connectivity index (χ3v) is 5.79. The van der Waals surface area contributed by atoms with Gasteiger partial charge in [-0.15, -0.1) is 6.58 Å². The smallest absolute Gasteiger partial charge is 0.262 e. The Morgan fingerprint density at radius 2 is 2.13 bits per heavy atom. The Hall–Kier alpha value is -2.97. The summed E-state index contributed by atoms with van der Waals surface area (Å²) in [7, 11) is 0. The van der Waals surface area contributed by atoms with Gasteiger partial charge < -0.3 is 14.7 Å². The Kier molecular flexibility index (Phi) is 5.96. The number of carbonyl (C=O) groups excluding carboxylic acids is 1. The summed E-state index contributed by atoms with van der Waals surface area (Å²) in [4.78, 5) is 30.8. The second-order valence-corrected chi connectivity index (χ2v) is 7.77. The lowest BCUT2D eigenvalue weighted by atomic mass is 10.1. The minimum absolute atomic E-state index is 0.00354. The summed E-state index contributed by atoms with van der Waals surface area (Å²) in [5.41, 5.74) is 0.807. The first-order chi connectivity index (χ1) is 14.6. The van der Waals surface area contributed by atoms with Crippen LogP contribution in [0.15, 0.2) is 58.5 Å². The molecule has 1 unspecified atom stereocenters. The number of rotatable bonds is 7. The van der Waals surface area contributed by atoms with Crippen LogP contribution in [0.25, 0.3) is 10.9 Å². The number of aromatic nitrogens is 2. The number of carbonyl (C=O) groups is 1. The summed E-state index contributed by atoms with van der Waals surface area (Å²) >= 11 is 5.28. The van der Waals surface area contributed by atoms with Gasteiger partial charge in [0, 0.05) is 18.7 Å². The molecule has 1 aliphatic heterocycles. The molecule has 8 heteroatoms. The lowest BCUT2D eigenvalue weighted by molar-refractivity contribution is 0.0934. The molecule has 1 saturated heterocycles. The highest BCUT2D eigenvalue weighted by Gasteiger charge is 2.26. The number of nitrogens with one attached hydrogen (secondary N) is 2. The van der Waals surface area contributed by atoms with Crippen molar-refractivity contribution in [1.82, 2.24) is 19.8 Å². The zero-order valence-corrected chi connectivity index (χ0v) is 17.4. The quantitative estimate of drug-likeness (QED) is 0.449. The highest BCUT2D eigenvalue weighted by Crippen LogP contribution is 2.25. The SMILES string of the molecule is C=CCn1c(=S)[nH]c2cc(C(=O)NCC(c3ccco3)N3CCCC3)ccc2c1=O. The van der Waals surface area contributed by atoms with Gasteiger partial charge in [0.25, 0.3) is 11.5 Å².